The molecule has 2 atom stereocenters. The van der Waals surface area contributed by atoms with Gasteiger partial charge in [-0.2, -0.15) is 0 Å². The van der Waals surface area contributed by atoms with Gasteiger partial charge < -0.3 is 4.74 Å². The third kappa shape index (κ3) is 2.08. The molecule has 1 aliphatic rings. The SMILES string of the molecule is CCC1CCCC(=O)C1C(=O)OC. The van der Waals surface area contributed by atoms with Crippen LogP contribution >= 0.6 is 0 Å². The number of Topliss-reactive ketones (excluding diaryl/α,β-unsaturated/α-hetero) is 1. The summed E-state index contributed by atoms with van der Waals surface area (Å²) in [6.07, 6.45) is 3.31. The van der Waals surface area contributed by atoms with Gasteiger partial charge in [-0.15, -0.1) is 0 Å². The molecule has 0 aromatic carbocycles. The monoisotopic (exact) mass is 184 g/mol. The van der Waals surface area contributed by atoms with E-state index in [1.165, 1.54) is 7.11 Å². The first-order chi connectivity index (χ1) is 6.20. The topological polar surface area (TPSA) is 43.4 Å². The summed E-state index contributed by atoms with van der Waals surface area (Å²) in [6, 6.07) is 0. The first-order valence-corrected chi connectivity index (χ1v) is 4.81. The second-order valence-electron chi connectivity index (χ2n) is 3.53. The molecule has 0 saturated heterocycles. The Morgan fingerprint density at radius 3 is 2.85 bits per heavy atom. The Kier molecular flexibility index (Phi) is 3.46. The van der Waals surface area contributed by atoms with Crippen molar-refractivity contribution in [1.29, 1.82) is 0 Å². The molecule has 0 spiro atoms. The molecule has 74 valence electrons. The zero-order valence-corrected chi connectivity index (χ0v) is 8.21. The molecule has 1 fully saturated rings. The van der Waals surface area contributed by atoms with E-state index in [1.54, 1.807) is 0 Å². The van der Waals surface area contributed by atoms with Crippen LogP contribution in [-0.4, -0.2) is 18.9 Å². The van der Waals surface area contributed by atoms with Crippen LogP contribution in [0.15, 0.2) is 0 Å². The van der Waals surface area contributed by atoms with E-state index in [-0.39, 0.29) is 17.7 Å². The van der Waals surface area contributed by atoms with E-state index in [2.05, 4.69) is 4.74 Å². The molecule has 1 saturated carbocycles. The smallest absolute Gasteiger partial charge is 0.316 e. The fraction of sp³-hybridized carbons (Fsp3) is 0.800. The van der Waals surface area contributed by atoms with E-state index in [0.29, 0.717) is 6.42 Å². The van der Waals surface area contributed by atoms with Crippen molar-refractivity contribution in [3.63, 3.8) is 0 Å². The minimum Gasteiger partial charge on any atom is -0.468 e. The lowest BCUT2D eigenvalue weighted by Crippen LogP contribution is -2.35. The van der Waals surface area contributed by atoms with Gasteiger partial charge in [0.25, 0.3) is 0 Å². The summed E-state index contributed by atoms with van der Waals surface area (Å²) in [4.78, 5) is 22.8. The molecule has 0 aromatic rings. The lowest BCUT2D eigenvalue weighted by atomic mass is 9.77. The Bertz CT molecular complexity index is 202. The van der Waals surface area contributed by atoms with E-state index in [1.807, 2.05) is 6.92 Å². The fourth-order valence-corrected chi connectivity index (χ4v) is 2.01. The van der Waals surface area contributed by atoms with E-state index in [4.69, 9.17) is 0 Å². The molecule has 1 aliphatic carbocycles. The number of ether oxygens (including phenoxy) is 1. The molecular weight excluding hydrogens is 168 g/mol. The summed E-state index contributed by atoms with van der Waals surface area (Å²) in [5, 5.41) is 0. The number of hydrogen-bond acceptors (Lipinski definition) is 3. The Morgan fingerprint density at radius 2 is 2.31 bits per heavy atom. The third-order valence-electron chi connectivity index (χ3n) is 2.80. The van der Waals surface area contributed by atoms with Gasteiger partial charge in [0.15, 0.2) is 0 Å². The fourth-order valence-electron chi connectivity index (χ4n) is 2.01. The standard InChI is InChI=1S/C10H16O3/c1-3-7-5-4-6-8(11)9(7)10(12)13-2/h7,9H,3-6H2,1-2H3. The predicted octanol–water partition coefficient (Wildman–Crippen LogP) is 1.55. The molecule has 1 rings (SSSR count). The highest BCUT2D eigenvalue weighted by molar-refractivity contribution is 5.99. The number of carbonyl (C=O) groups is 2. The van der Waals surface area contributed by atoms with Crippen LogP contribution in [0.2, 0.25) is 0 Å². The molecule has 2 unspecified atom stereocenters. The second-order valence-corrected chi connectivity index (χ2v) is 3.53. The normalized spacial score (nSPS) is 28.6. The second kappa shape index (κ2) is 4.40. The van der Waals surface area contributed by atoms with Crippen molar-refractivity contribution in [2.45, 2.75) is 32.6 Å². The zero-order valence-electron chi connectivity index (χ0n) is 8.21. The minimum atomic E-state index is -0.483. The average molecular weight is 184 g/mol. The molecule has 0 heterocycles. The van der Waals surface area contributed by atoms with Crippen LogP contribution in [0.25, 0.3) is 0 Å². The first kappa shape index (κ1) is 10.2. The van der Waals surface area contributed by atoms with Crippen molar-refractivity contribution in [1.82, 2.24) is 0 Å². The summed E-state index contributed by atoms with van der Waals surface area (Å²) >= 11 is 0. The van der Waals surface area contributed by atoms with E-state index in [9.17, 15) is 9.59 Å². The van der Waals surface area contributed by atoms with Gasteiger partial charge in [0.1, 0.15) is 11.7 Å². The van der Waals surface area contributed by atoms with Crippen molar-refractivity contribution >= 4 is 11.8 Å². The molecule has 3 heteroatoms. The summed E-state index contributed by atoms with van der Waals surface area (Å²) in [6.45, 7) is 2.01. The lowest BCUT2D eigenvalue weighted by Gasteiger charge is -2.27. The maximum Gasteiger partial charge on any atom is 0.316 e. The van der Waals surface area contributed by atoms with E-state index in [0.717, 1.165) is 19.3 Å². The number of ketones is 1. The lowest BCUT2D eigenvalue weighted by molar-refractivity contribution is -0.153. The molecule has 0 bridgehead atoms. The Morgan fingerprint density at radius 1 is 1.62 bits per heavy atom. The van der Waals surface area contributed by atoms with Gasteiger partial charge >= 0.3 is 5.97 Å². The van der Waals surface area contributed by atoms with Crippen LogP contribution in [0.3, 0.4) is 0 Å². The highest BCUT2D eigenvalue weighted by Crippen LogP contribution is 2.30. The average Bonchev–Trinajstić information content (AvgIpc) is 2.16. The minimum absolute atomic E-state index is 0.0601. The van der Waals surface area contributed by atoms with Crippen molar-refractivity contribution in [3.05, 3.63) is 0 Å². The van der Waals surface area contributed by atoms with Gasteiger partial charge in [-0.1, -0.05) is 13.3 Å². The Hall–Kier alpha value is -0.860. The van der Waals surface area contributed by atoms with Gasteiger partial charge in [-0.3, -0.25) is 9.59 Å². The van der Waals surface area contributed by atoms with E-state index < -0.39 is 5.92 Å². The highest BCUT2D eigenvalue weighted by Gasteiger charge is 2.36. The van der Waals surface area contributed by atoms with Crippen molar-refractivity contribution in [2.24, 2.45) is 11.8 Å². The maximum absolute atomic E-state index is 11.5. The summed E-state index contributed by atoms with van der Waals surface area (Å²) in [5.74, 6) is -0.570. The predicted molar refractivity (Wildman–Crippen MR) is 48.1 cm³/mol. The molecule has 0 aliphatic heterocycles. The van der Waals surface area contributed by atoms with Crippen LogP contribution < -0.4 is 0 Å². The Labute approximate surface area is 78.5 Å². The first-order valence-electron chi connectivity index (χ1n) is 4.81. The van der Waals surface area contributed by atoms with Crippen LogP contribution in [0, 0.1) is 11.8 Å². The molecule has 0 N–H and O–H groups in total. The molecule has 0 aromatic heterocycles. The molecule has 0 radical (unpaired) electrons. The maximum atomic E-state index is 11.5. The zero-order chi connectivity index (χ0) is 9.84. The van der Waals surface area contributed by atoms with Crippen LogP contribution in [0.1, 0.15) is 32.6 Å². The number of esters is 1. The van der Waals surface area contributed by atoms with Crippen LogP contribution in [-0.2, 0) is 14.3 Å². The number of rotatable bonds is 2. The largest absolute Gasteiger partial charge is 0.468 e. The van der Waals surface area contributed by atoms with E-state index >= 15 is 0 Å². The summed E-state index contributed by atoms with van der Waals surface area (Å²) in [5.41, 5.74) is 0. The summed E-state index contributed by atoms with van der Waals surface area (Å²) in [7, 11) is 1.34. The van der Waals surface area contributed by atoms with Crippen molar-refractivity contribution < 1.29 is 14.3 Å². The van der Waals surface area contributed by atoms with Gasteiger partial charge in [-0.25, -0.2) is 0 Å². The van der Waals surface area contributed by atoms with Gasteiger partial charge in [0.2, 0.25) is 0 Å². The molecule has 13 heavy (non-hydrogen) atoms. The van der Waals surface area contributed by atoms with Crippen LogP contribution in [0.4, 0.5) is 0 Å². The third-order valence-corrected chi connectivity index (χ3v) is 2.80. The Balaban J connectivity index is 2.73. The van der Waals surface area contributed by atoms with Gasteiger partial charge in [0.05, 0.1) is 7.11 Å². The number of methoxy groups -OCH3 is 1. The summed E-state index contributed by atoms with van der Waals surface area (Å²) < 4.78 is 4.63. The number of hydrogen-bond donors (Lipinski definition) is 0. The van der Waals surface area contributed by atoms with Crippen molar-refractivity contribution in [3.8, 4) is 0 Å². The van der Waals surface area contributed by atoms with Crippen molar-refractivity contribution in [2.75, 3.05) is 7.11 Å². The quantitative estimate of drug-likeness (QED) is 0.483. The molecule has 0 amide bonds. The molecule has 3 nitrogen and oxygen atoms in total. The van der Waals surface area contributed by atoms with Gasteiger partial charge in [0, 0.05) is 6.42 Å². The highest BCUT2D eigenvalue weighted by atomic mass is 16.5. The van der Waals surface area contributed by atoms with Crippen LogP contribution in [0.5, 0.6) is 0 Å². The van der Waals surface area contributed by atoms with Gasteiger partial charge in [-0.05, 0) is 18.8 Å². The number of carbonyl (C=O) groups excluding carboxylic acids is 2. The molecular formula is C10H16O3.